The molecule has 1 rings (SSSR count). The zero-order chi connectivity index (χ0) is 13.9. The molecule has 1 N–H and O–H groups in total. The number of carbonyl (C=O) groups excluding carboxylic acids is 2. The maximum absolute atomic E-state index is 12.0. The van der Waals surface area contributed by atoms with Crippen LogP contribution in [0.5, 0.6) is 0 Å². The summed E-state index contributed by atoms with van der Waals surface area (Å²) in [6, 6.07) is 3.55. The minimum absolute atomic E-state index is 0.232. The lowest BCUT2D eigenvalue weighted by Gasteiger charge is -2.24. The van der Waals surface area contributed by atoms with E-state index in [1.165, 1.54) is 18.4 Å². The molecule has 0 radical (unpaired) electrons. The van der Waals surface area contributed by atoms with Crippen LogP contribution in [0.15, 0.2) is 12.1 Å². The molecule has 0 aliphatic rings. The molecule has 0 fully saturated rings. The minimum atomic E-state index is -1.04. The molecule has 1 aromatic heterocycles. The number of hydrogen-bond acceptors (Lipinski definition) is 4. The Morgan fingerprint density at radius 2 is 2.06 bits per heavy atom. The molecule has 1 aromatic rings. The first-order chi connectivity index (χ1) is 8.27. The lowest BCUT2D eigenvalue weighted by molar-refractivity contribution is -0.149. The zero-order valence-corrected chi connectivity index (χ0v) is 12.3. The van der Waals surface area contributed by atoms with Crippen LogP contribution >= 0.6 is 22.9 Å². The van der Waals surface area contributed by atoms with Gasteiger partial charge < -0.3 is 10.1 Å². The van der Waals surface area contributed by atoms with Gasteiger partial charge in [-0.25, -0.2) is 4.79 Å². The van der Waals surface area contributed by atoms with Gasteiger partial charge in [0.05, 0.1) is 17.4 Å². The summed E-state index contributed by atoms with van der Waals surface area (Å²) in [6.45, 7) is 4.97. The summed E-state index contributed by atoms with van der Waals surface area (Å²) in [5.74, 6) is -1.07. The summed E-state index contributed by atoms with van der Waals surface area (Å²) >= 11 is 7.18. The van der Waals surface area contributed by atoms with Crippen LogP contribution in [0.4, 0.5) is 0 Å². The van der Waals surface area contributed by atoms with E-state index in [0.29, 0.717) is 4.34 Å². The fraction of sp³-hybridized carbons (Fsp3) is 0.500. The molecule has 1 amide bonds. The number of ether oxygens (including phenoxy) is 1. The predicted octanol–water partition coefficient (Wildman–Crippen LogP) is 2.57. The van der Waals surface area contributed by atoms with Crippen LogP contribution < -0.4 is 5.32 Å². The fourth-order valence-corrected chi connectivity index (χ4v) is 2.52. The molecule has 0 spiro atoms. The fourth-order valence-electron chi connectivity index (χ4n) is 1.41. The van der Waals surface area contributed by atoms with E-state index < -0.39 is 11.5 Å². The molecule has 0 aromatic carbocycles. The Kier molecular flexibility index (Phi) is 4.76. The summed E-state index contributed by atoms with van der Waals surface area (Å²) in [5, 5.41) is 2.66. The van der Waals surface area contributed by atoms with Crippen molar-refractivity contribution in [3.05, 3.63) is 21.3 Å². The third-order valence-electron chi connectivity index (χ3n) is 2.55. The third kappa shape index (κ3) is 3.46. The lowest BCUT2D eigenvalue weighted by Crippen LogP contribution is -2.51. The Morgan fingerprint density at radius 1 is 1.44 bits per heavy atom. The number of rotatable bonds is 4. The molecule has 18 heavy (non-hydrogen) atoms. The molecular formula is C12H16ClNO3S. The smallest absolute Gasteiger partial charge is 0.330 e. The molecule has 0 aliphatic heterocycles. The molecule has 1 heterocycles. The summed E-state index contributed by atoms with van der Waals surface area (Å²) in [6.07, 6.45) is 0. The van der Waals surface area contributed by atoms with Crippen LogP contribution in [0.1, 0.15) is 31.6 Å². The first-order valence-electron chi connectivity index (χ1n) is 5.43. The largest absolute Gasteiger partial charge is 0.467 e. The van der Waals surface area contributed by atoms with E-state index in [1.54, 1.807) is 26.8 Å². The molecular weight excluding hydrogens is 274 g/mol. The molecule has 0 saturated heterocycles. The normalized spacial score (nSPS) is 12.9. The van der Waals surface area contributed by atoms with Gasteiger partial charge in [-0.3, -0.25) is 4.79 Å². The second kappa shape index (κ2) is 5.71. The molecule has 6 heteroatoms. The SMILES string of the molecule is COC(=O)C(C)(C)NC(=O)[C@@H](C)c1ccc(Cl)s1. The Balaban J connectivity index is 2.74. The van der Waals surface area contributed by atoms with E-state index in [2.05, 4.69) is 10.1 Å². The molecule has 100 valence electrons. The highest BCUT2D eigenvalue weighted by Gasteiger charge is 2.32. The zero-order valence-electron chi connectivity index (χ0n) is 10.7. The van der Waals surface area contributed by atoms with Crippen LogP contribution in [-0.2, 0) is 14.3 Å². The van der Waals surface area contributed by atoms with Gasteiger partial charge in [-0.15, -0.1) is 11.3 Å². The van der Waals surface area contributed by atoms with Crippen molar-refractivity contribution in [1.29, 1.82) is 0 Å². The number of hydrogen-bond donors (Lipinski definition) is 1. The predicted molar refractivity (Wildman–Crippen MR) is 72.0 cm³/mol. The van der Waals surface area contributed by atoms with Gasteiger partial charge in [-0.05, 0) is 32.9 Å². The van der Waals surface area contributed by atoms with Gasteiger partial charge in [0.2, 0.25) is 5.91 Å². The van der Waals surface area contributed by atoms with Gasteiger partial charge >= 0.3 is 5.97 Å². The Morgan fingerprint density at radius 3 is 2.50 bits per heavy atom. The first kappa shape index (κ1) is 15.0. The highest BCUT2D eigenvalue weighted by atomic mass is 35.5. The van der Waals surface area contributed by atoms with E-state index in [9.17, 15) is 9.59 Å². The summed E-state index contributed by atoms with van der Waals surface area (Å²) in [7, 11) is 1.29. The van der Waals surface area contributed by atoms with Crippen LogP contribution in [0.2, 0.25) is 4.34 Å². The van der Waals surface area contributed by atoms with Gasteiger partial charge in [0.25, 0.3) is 0 Å². The number of methoxy groups -OCH3 is 1. The van der Waals surface area contributed by atoms with Crippen molar-refractivity contribution >= 4 is 34.8 Å². The van der Waals surface area contributed by atoms with Gasteiger partial charge in [-0.1, -0.05) is 11.6 Å². The van der Waals surface area contributed by atoms with Gasteiger partial charge in [0.15, 0.2) is 0 Å². The quantitative estimate of drug-likeness (QED) is 0.867. The topological polar surface area (TPSA) is 55.4 Å². The molecule has 0 aliphatic carbocycles. The maximum atomic E-state index is 12.0. The Hall–Kier alpha value is -1.07. The second-order valence-corrected chi connectivity index (χ2v) is 6.22. The molecule has 0 unspecified atom stereocenters. The number of halogens is 1. The van der Waals surface area contributed by atoms with E-state index in [0.717, 1.165) is 4.88 Å². The third-order valence-corrected chi connectivity index (χ3v) is 3.96. The van der Waals surface area contributed by atoms with Gasteiger partial charge in [0.1, 0.15) is 5.54 Å². The number of amides is 1. The maximum Gasteiger partial charge on any atom is 0.330 e. The van der Waals surface area contributed by atoms with Crippen LogP contribution in [0.3, 0.4) is 0 Å². The summed E-state index contributed by atoms with van der Waals surface area (Å²) in [5.41, 5.74) is -1.04. The van der Waals surface area contributed by atoms with Gasteiger partial charge in [0, 0.05) is 4.88 Å². The number of carbonyl (C=O) groups is 2. The summed E-state index contributed by atoms with van der Waals surface area (Å²) < 4.78 is 5.27. The Labute approximate surface area is 115 Å². The molecule has 0 saturated carbocycles. The highest BCUT2D eigenvalue weighted by molar-refractivity contribution is 7.16. The minimum Gasteiger partial charge on any atom is -0.467 e. The van der Waals surface area contributed by atoms with Crippen molar-refractivity contribution in [2.24, 2.45) is 0 Å². The Bertz CT molecular complexity index is 456. The van der Waals surface area contributed by atoms with Crippen molar-refractivity contribution in [3.8, 4) is 0 Å². The molecule has 1 atom stereocenters. The van der Waals surface area contributed by atoms with Crippen molar-refractivity contribution < 1.29 is 14.3 Å². The summed E-state index contributed by atoms with van der Waals surface area (Å²) in [4.78, 5) is 24.4. The monoisotopic (exact) mass is 289 g/mol. The van der Waals surface area contributed by atoms with Crippen molar-refractivity contribution in [1.82, 2.24) is 5.32 Å². The number of nitrogens with one attached hydrogen (secondary N) is 1. The molecule has 0 bridgehead atoms. The van der Waals surface area contributed by atoms with E-state index in [4.69, 9.17) is 11.6 Å². The second-order valence-electron chi connectivity index (χ2n) is 4.47. The van der Waals surface area contributed by atoms with Crippen molar-refractivity contribution in [2.75, 3.05) is 7.11 Å². The van der Waals surface area contributed by atoms with Crippen LogP contribution in [-0.4, -0.2) is 24.5 Å². The standard InChI is InChI=1S/C12H16ClNO3S/c1-7(8-5-6-9(13)18-8)10(15)14-12(2,3)11(16)17-4/h5-7H,1-4H3,(H,14,15)/t7-/m0/s1. The lowest BCUT2D eigenvalue weighted by atomic mass is 10.0. The van der Waals surface area contributed by atoms with Crippen molar-refractivity contribution in [3.63, 3.8) is 0 Å². The van der Waals surface area contributed by atoms with Crippen LogP contribution in [0.25, 0.3) is 0 Å². The average Bonchev–Trinajstić information content (AvgIpc) is 2.72. The number of esters is 1. The van der Waals surface area contributed by atoms with Crippen molar-refractivity contribution in [2.45, 2.75) is 32.2 Å². The van der Waals surface area contributed by atoms with E-state index >= 15 is 0 Å². The molecule has 4 nitrogen and oxygen atoms in total. The average molecular weight is 290 g/mol. The van der Waals surface area contributed by atoms with E-state index in [-0.39, 0.29) is 11.8 Å². The van der Waals surface area contributed by atoms with E-state index in [1.807, 2.05) is 6.07 Å². The highest BCUT2D eigenvalue weighted by Crippen LogP contribution is 2.28. The van der Waals surface area contributed by atoms with Gasteiger partial charge in [-0.2, -0.15) is 0 Å². The van der Waals surface area contributed by atoms with Crippen LogP contribution in [0, 0.1) is 0 Å². The first-order valence-corrected chi connectivity index (χ1v) is 6.63. The number of thiophene rings is 1.